The van der Waals surface area contributed by atoms with Crippen molar-refractivity contribution in [3.8, 4) is 12.3 Å². The van der Waals surface area contributed by atoms with Gasteiger partial charge in [-0.2, -0.15) is 0 Å². The zero-order valence-electron chi connectivity index (χ0n) is 12.2. The van der Waals surface area contributed by atoms with Gasteiger partial charge in [0.2, 0.25) is 5.91 Å². The molecule has 2 rings (SSSR count). The summed E-state index contributed by atoms with van der Waals surface area (Å²) in [7, 11) is 0. The number of nitrogens with zero attached hydrogens (tertiary/aromatic N) is 2. The second kappa shape index (κ2) is 7.86. The predicted molar refractivity (Wildman–Crippen MR) is 93.8 cm³/mol. The third-order valence-corrected chi connectivity index (χ3v) is 4.13. The van der Waals surface area contributed by atoms with Crippen LogP contribution < -0.4 is 10.9 Å². The molecule has 5 nitrogen and oxygen atoms in total. The van der Waals surface area contributed by atoms with Crippen LogP contribution in [0.4, 0.5) is 0 Å². The summed E-state index contributed by atoms with van der Waals surface area (Å²) >= 11 is 7.12. The zero-order chi connectivity index (χ0) is 16.8. The number of benzene rings is 1. The molecular formula is C16H14ClN3O2S. The van der Waals surface area contributed by atoms with E-state index >= 15 is 0 Å². The highest BCUT2D eigenvalue weighted by atomic mass is 35.5. The molecule has 1 aromatic carbocycles. The van der Waals surface area contributed by atoms with Gasteiger partial charge in [0.05, 0.1) is 23.2 Å². The van der Waals surface area contributed by atoms with E-state index in [-0.39, 0.29) is 23.8 Å². The molecule has 0 aliphatic heterocycles. The number of terminal acetylenes is 1. The molecule has 0 bridgehead atoms. The van der Waals surface area contributed by atoms with E-state index in [4.69, 9.17) is 18.0 Å². The number of carbonyl (C=O) groups excluding carboxylic acids is 1. The van der Waals surface area contributed by atoms with Crippen LogP contribution in [-0.2, 0) is 11.3 Å². The first kappa shape index (κ1) is 17.1. The largest absolute Gasteiger partial charge is 0.344 e. The Hall–Kier alpha value is -2.23. The molecular weight excluding hydrogens is 334 g/mol. The average Bonchev–Trinajstić information content (AvgIpc) is 2.53. The van der Waals surface area contributed by atoms with Crippen molar-refractivity contribution in [3.05, 3.63) is 46.2 Å². The maximum absolute atomic E-state index is 12.6. The van der Waals surface area contributed by atoms with Gasteiger partial charge in [0.15, 0.2) is 5.16 Å². The average molecular weight is 348 g/mol. The number of hydrogen-bond acceptors (Lipinski definition) is 4. The van der Waals surface area contributed by atoms with Crippen molar-refractivity contribution in [2.24, 2.45) is 0 Å². The summed E-state index contributed by atoms with van der Waals surface area (Å²) in [5.41, 5.74) is 0.299. The highest BCUT2D eigenvalue weighted by molar-refractivity contribution is 7.99. The zero-order valence-corrected chi connectivity index (χ0v) is 13.8. The lowest BCUT2D eigenvalue weighted by Crippen LogP contribution is -2.27. The highest BCUT2D eigenvalue weighted by Crippen LogP contribution is 2.20. The topological polar surface area (TPSA) is 64.0 Å². The second-order valence-electron chi connectivity index (χ2n) is 4.53. The number of fused-ring (bicyclic) bond motifs is 1. The lowest BCUT2D eigenvalue weighted by atomic mass is 10.2. The maximum Gasteiger partial charge on any atom is 0.262 e. The van der Waals surface area contributed by atoms with Gasteiger partial charge in [-0.1, -0.05) is 35.4 Å². The Morgan fingerprint density at radius 1 is 1.57 bits per heavy atom. The molecule has 0 fully saturated rings. The quantitative estimate of drug-likeness (QED) is 0.376. The Balaban J connectivity index is 2.38. The van der Waals surface area contributed by atoms with E-state index in [1.165, 1.54) is 4.57 Å². The summed E-state index contributed by atoms with van der Waals surface area (Å²) in [6.45, 7) is 4.12. The molecule has 1 N–H and O–H groups in total. The molecule has 0 radical (unpaired) electrons. The summed E-state index contributed by atoms with van der Waals surface area (Å²) in [5, 5.41) is 3.96. The van der Waals surface area contributed by atoms with E-state index in [0.717, 1.165) is 11.8 Å². The fraction of sp³-hybridized carbons (Fsp3) is 0.188. The van der Waals surface area contributed by atoms with Crippen LogP contribution in [0.1, 0.15) is 0 Å². The number of rotatable bonds is 6. The molecule has 0 saturated carbocycles. The first-order chi connectivity index (χ1) is 11.1. The summed E-state index contributed by atoms with van der Waals surface area (Å²) in [6, 6.07) is 4.91. The van der Waals surface area contributed by atoms with Gasteiger partial charge in [0.1, 0.15) is 0 Å². The number of allylic oxidation sites excluding steroid dienone is 1. The van der Waals surface area contributed by atoms with E-state index in [1.54, 1.807) is 24.3 Å². The van der Waals surface area contributed by atoms with E-state index in [0.29, 0.717) is 27.6 Å². The predicted octanol–water partition coefficient (Wildman–Crippen LogP) is 2.08. The van der Waals surface area contributed by atoms with Gasteiger partial charge in [-0.05, 0) is 18.2 Å². The van der Waals surface area contributed by atoms with Gasteiger partial charge in [-0.25, -0.2) is 4.98 Å². The van der Waals surface area contributed by atoms with Crippen LogP contribution >= 0.6 is 23.4 Å². The van der Waals surface area contributed by atoms with Crippen LogP contribution in [0.25, 0.3) is 10.9 Å². The van der Waals surface area contributed by atoms with Crippen LogP contribution in [0.2, 0.25) is 5.02 Å². The molecule has 23 heavy (non-hydrogen) atoms. The maximum atomic E-state index is 12.6. The van der Waals surface area contributed by atoms with E-state index in [2.05, 4.69) is 22.8 Å². The van der Waals surface area contributed by atoms with Gasteiger partial charge in [-0.15, -0.1) is 13.0 Å². The SMILES string of the molecule is C#CCNC(=O)CSc1nc2cc(Cl)ccc2c(=O)n1CC=C. The lowest BCUT2D eigenvalue weighted by Gasteiger charge is -2.11. The van der Waals surface area contributed by atoms with Crippen molar-refractivity contribution in [1.82, 2.24) is 14.9 Å². The molecule has 1 amide bonds. The van der Waals surface area contributed by atoms with Gasteiger partial charge < -0.3 is 5.32 Å². The molecule has 1 heterocycles. The van der Waals surface area contributed by atoms with E-state index < -0.39 is 0 Å². The standard InChI is InChI=1S/C16H14ClN3O2S/c1-3-7-18-14(21)10-23-16-19-13-9-11(17)5-6-12(13)15(22)20(16)8-4-2/h1,4-6,9H,2,7-8,10H2,(H,18,21). The van der Waals surface area contributed by atoms with Gasteiger partial charge >= 0.3 is 0 Å². The number of carbonyl (C=O) groups is 1. The Bertz CT molecular complexity index is 855. The van der Waals surface area contributed by atoms with E-state index in [1.807, 2.05) is 0 Å². The van der Waals surface area contributed by atoms with Gasteiger partial charge in [-0.3, -0.25) is 14.2 Å². The summed E-state index contributed by atoms with van der Waals surface area (Å²) < 4.78 is 1.47. The Labute approximate surface area is 142 Å². The van der Waals surface area contributed by atoms with Gasteiger partial charge in [0, 0.05) is 11.6 Å². The monoisotopic (exact) mass is 347 g/mol. The molecule has 118 valence electrons. The van der Waals surface area contributed by atoms with Crippen molar-refractivity contribution < 1.29 is 4.79 Å². The minimum atomic E-state index is -0.224. The molecule has 1 aromatic heterocycles. The number of aromatic nitrogens is 2. The lowest BCUT2D eigenvalue weighted by molar-refractivity contribution is -0.118. The normalized spacial score (nSPS) is 10.3. The van der Waals surface area contributed by atoms with Crippen LogP contribution in [-0.4, -0.2) is 27.8 Å². The molecule has 7 heteroatoms. The fourth-order valence-electron chi connectivity index (χ4n) is 1.90. The number of thioether (sulfide) groups is 1. The first-order valence-electron chi connectivity index (χ1n) is 6.70. The smallest absolute Gasteiger partial charge is 0.262 e. The Kier molecular flexibility index (Phi) is 5.85. The first-order valence-corrected chi connectivity index (χ1v) is 8.07. The number of halogens is 1. The van der Waals surface area contributed by atoms with Crippen LogP contribution in [0.3, 0.4) is 0 Å². The Morgan fingerprint density at radius 2 is 2.35 bits per heavy atom. The summed E-state index contributed by atoms with van der Waals surface area (Å²) in [5.74, 6) is 2.21. The van der Waals surface area contributed by atoms with Crippen molar-refractivity contribution in [2.75, 3.05) is 12.3 Å². The van der Waals surface area contributed by atoms with Crippen LogP contribution in [0.5, 0.6) is 0 Å². The minimum Gasteiger partial charge on any atom is -0.344 e. The van der Waals surface area contributed by atoms with Crippen molar-refractivity contribution in [3.63, 3.8) is 0 Å². The molecule has 0 atom stereocenters. The number of amides is 1. The number of nitrogens with one attached hydrogen (secondary N) is 1. The van der Waals surface area contributed by atoms with Crippen LogP contribution in [0, 0.1) is 12.3 Å². The summed E-state index contributed by atoms with van der Waals surface area (Å²) in [6.07, 6.45) is 6.70. The second-order valence-corrected chi connectivity index (χ2v) is 5.91. The molecule has 0 aliphatic carbocycles. The van der Waals surface area contributed by atoms with Crippen molar-refractivity contribution in [1.29, 1.82) is 0 Å². The molecule has 0 aliphatic rings. The summed E-state index contributed by atoms with van der Waals surface area (Å²) in [4.78, 5) is 28.7. The number of hydrogen-bond donors (Lipinski definition) is 1. The molecule has 2 aromatic rings. The van der Waals surface area contributed by atoms with E-state index in [9.17, 15) is 9.59 Å². The highest BCUT2D eigenvalue weighted by Gasteiger charge is 2.12. The molecule has 0 saturated heterocycles. The fourth-order valence-corrected chi connectivity index (χ4v) is 2.91. The van der Waals surface area contributed by atoms with Crippen molar-refractivity contribution in [2.45, 2.75) is 11.7 Å². The Morgan fingerprint density at radius 3 is 3.04 bits per heavy atom. The van der Waals surface area contributed by atoms with Crippen molar-refractivity contribution >= 4 is 40.2 Å². The molecule has 0 unspecified atom stereocenters. The third-order valence-electron chi connectivity index (χ3n) is 2.91. The minimum absolute atomic E-state index is 0.108. The molecule has 0 spiro atoms. The van der Waals surface area contributed by atoms with Gasteiger partial charge in [0.25, 0.3) is 5.56 Å². The van der Waals surface area contributed by atoms with Crippen LogP contribution in [0.15, 0.2) is 40.8 Å². The third kappa shape index (κ3) is 4.15.